The van der Waals surface area contributed by atoms with Crippen molar-refractivity contribution in [2.75, 3.05) is 32.1 Å². The minimum atomic E-state index is -0.294. The van der Waals surface area contributed by atoms with Crippen molar-refractivity contribution in [2.45, 2.75) is 44.1 Å². The van der Waals surface area contributed by atoms with Gasteiger partial charge in [-0.2, -0.15) is 0 Å². The highest BCUT2D eigenvalue weighted by atomic mass is 19.1. The minimum Gasteiger partial charge on any atom is -0.490 e. The highest BCUT2D eigenvalue weighted by Gasteiger charge is 2.51. The summed E-state index contributed by atoms with van der Waals surface area (Å²) < 4.78 is 20.7. The molecule has 2 aromatic heterocycles. The van der Waals surface area contributed by atoms with Gasteiger partial charge in [0.1, 0.15) is 18.2 Å². The highest BCUT2D eigenvalue weighted by Crippen LogP contribution is 2.54. The fourth-order valence-electron chi connectivity index (χ4n) is 5.41. The Morgan fingerprint density at radius 1 is 1.31 bits per heavy atom. The molecule has 7 nitrogen and oxygen atoms in total. The molecule has 0 bridgehead atoms. The van der Waals surface area contributed by atoms with E-state index < -0.39 is 0 Å². The number of rotatable bonds is 6. The molecule has 1 saturated heterocycles. The molecule has 182 valence electrons. The maximum Gasteiger partial charge on any atom is 0.255 e. The molecule has 4 heterocycles. The Kier molecular flexibility index (Phi) is 5.29. The van der Waals surface area contributed by atoms with Crippen LogP contribution < -0.4 is 15.4 Å². The first-order chi connectivity index (χ1) is 17.0. The molecule has 1 atom stereocenters. The van der Waals surface area contributed by atoms with Gasteiger partial charge in [-0.3, -0.25) is 9.78 Å². The first kappa shape index (κ1) is 22.1. The lowest BCUT2D eigenvalue weighted by Gasteiger charge is -2.23. The van der Waals surface area contributed by atoms with E-state index in [0.717, 1.165) is 42.8 Å². The third-order valence-electron chi connectivity index (χ3n) is 7.88. The van der Waals surface area contributed by atoms with E-state index in [1.54, 1.807) is 25.4 Å². The van der Waals surface area contributed by atoms with Gasteiger partial charge in [0.15, 0.2) is 0 Å². The normalized spacial score (nSPS) is 20.5. The SMILES string of the molecule is Cc1c(F)cccc1Nc1c(-c2ccncc2OC[C@@H]2CCCN2C)[nH]c2c1C(=O)NCC21CC1. The Labute approximate surface area is 204 Å². The predicted octanol–water partition coefficient (Wildman–Crippen LogP) is 4.52. The third-order valence-corrected chi connectivity index (χ3v) is 7.88. The molecule has 3 aromatic rings. The molecule has 1 amide bonds. The number of H-pyrrole nitrogens is 1. The second kappa shape index (κ2) is 8.37. The highest BCUT2D eigenvalue weighted by molar-refractivity contribution is 6.07. The molecule has 3 aliphatic rings. The summed E-state index contributed by atoms with van der Waals surface area (Å²) in [4.78, 5) is 23.4. The van der Waals surface area contributed by atoms with Crippen LogP contribution in [0.25, 0.3) is 11.3 Å². The van der Waals surface area contributed by atoms with Gasteiger partial charge in [-0.05, 0) is 64.4 Å². The Balaban J connectivity index is 1.45. The summed E-state index contributed by atoms with van der Waals surface area (Å²) >= 11 is 0. The van der Waals surface area contributed by atoms with Crippen LogP contribution in [-0.2, 0) is 5.41 Å². The maximum atomic E-state index is 14.4. The molecule has 3 N–H and O–H groups in total. The van der Waals surface area contributed by atoms with Crippen molar-refractivity contribution >= 4 is 17.3 Å². The number of hydrogen-bond donors (Lipinski definition) is 3. The summed E-state index contributed by atoms with van der Waals surface area (Å²) in [5.41, 5.74) is 4.86. The number of nitrogens with one attached hydrogen (secondary N) is 3. The van der Waals surface area contributed by atoms with Gasteiger partial charge in [0.25, 0.3) is 5.91 Å². The lowest BCUT2D eigenvalue weighted by molar-refractivity contribution is 0.0938. The van der Waals surface area contributed by atoms with Crippen LogP contribution in [0.15, 0.2) is 36.7 Å². The van der Waals surface area contributed by atoms with Crippen molar-refractivity contribution in [3.8, 4) is 17.0 Å². The zero-order chi connectivity index (χ0) is 24.2. The maximum absolute atomic E-state index is 14.4. The van der Waals surface area contributed by atoms with Gasteiger partial charge in [0.05, 0.1) is 23.1 Å². The van der Waals surface area contributed by atoms with Crippen molar-refractivity contribution in [3.05, 3.63) is 59.3 Å². The number of carbonyl (C=O) groups is 1. The van der Waals surface area contributed by atoms with Crippen LogP contribution in [0.2, 0.25) is 0 Å². The Hall–Kier alpha value is -3.39. The fraction of sp³-hybridized carbons (Fsp3) is 0.407. The Morgan fingerprint density at radius 2 is 2.17 bits per heavy atom. The standard InChI is InChI=1S/C27H30FN5O2/c1-16-19(28)6-3-7-20(16)31-24-22-25(27(9-10-27)15-30-26(22)34)32-23(24)18-8-11-29-13-21(18)35-14-17-5-4-12-33(17)2/h3,6-8,11,13,17,31-32H,4-5,9-10,12,14-15H2,1-2H3,(H,30,34)/t17-/m0/s1. The van der Waals surface area contributed by atoms with Crippen LogP contribution in [0.3, 0.4) is 0 Å². The van der Waals surface area contributed by atoms with Crippen molar-refractivity contribution in [2.24, 2.45) is 0 Å². The van der Waals surface area contributed by atoms with E-state index in [9.17, 15) is 9.18 Å². The summed E-state index contributed by atoms with van der Waals surface area (Å²) in [7, 11) is 2.13. The molecule has 35 heavy (non-hydrogen) atoms. The third kappa shape index (κ3) is 3.76. The molecule has 2 aliphatic heterocycles. The average Bonchev–Trinajstić information content (AvgIpc) is 3.36. The summed E-state index contributed by atoms with van der Waals surface area (Å²) in [5.74, 6) is 0.244. The van der Waals surface area contributed by atoms with Crippen LogP contribution in [0.1, 0.15) is 47.3 Å². The summed E-state index contributed by atoms with van der Waals surface area (Å²) in [6.07, 6.45) is 7.78. The van der Waals surface area contributed by atoms with Crippen LogP contribution in [0, 0.1) is 12.7 Å². The molecular weight excluding hydrogens is 445 g/mol. The average molecular weight is 476 g/mol. The van der Waals surface area contributed by atoms with Crippen LogP contribution in [-0.4, -0.2) is 53.6 Å². The first-order valence-electron chi connectivity index (χ1n) is 12.3. The number of hydrogen-bond acceptors (Lipinski definition) is 5. The summed E-state index contributed by atoms with van der Waals surface area (Å²) in [5, 5.41) is 6.47. The lowest BCUT2D eigenvalue weighted by Crippen LogP contribution is -2.39. The van der Waals surface area contributed by atoms with Gasteiger partial charge in [-0.15, -0.1) is 0 Å². The van der Waals surface area contributed by atoms with E-state index in [1.165, 1.54) is 12.5 Å². The number of likely N-dealkylation sites (tertiary alicyclic amines) is 1. The second-order valence-corrected chi connectivity index (χ2v) is 10.1. The van der Waals surface area contributed by atoms with E-state index in [4.69, 9.17) is 4.74 Å². The van der Waals surface area contributed by atoms with E-state index in [-0.39, 0.29) is 17.1 Å². The monoisotopic (exact) mass is 475 g/mol. The summed E-state index contributed by atoms with van der Waals surface area (Å²) in [6, 6.07) is 7.22. The van der Waals surface area contributed by atoms with Gasteiger partial charge >= 0.3 is 0 Å². The van der Waals surface area contributed by atoms with Gasteiger partial charge < -0.3 is 25.3 Å². The first-order valence-corrected chi connectivity index (χ1v) is 12.3. The number of carbonyl (C=O) groups excluding carboxylic acids is 1. The number of halogens is 1. The number of ether oxygens (including phenoxy) is 1. The van der Waals surface area contributed by atoms with E-state index in [0.29, 0.717) is 47.4 Å². The molecular formula is C27H30FN5O2. The van der Waals surface area contributed by atoms with Gasteiger partial charge in [0.2, 0.25) is 0 Å². The van der Waals surface area contributed by atoms with Gasteiger partial charge in [-0.1, -0.05) is 6.07 Å². The number of fused-ring (bicyclic) bond motifs is 2. The fourth-order valence-corrected chi connectivity index (χ4v) is 5.41. The minimum absolute atomic E-state index is 0.0600. The van der Waals surface area contributed by atoms with Gasteiger partial charge in [-0.25, -0.2) is 4.39 Å². The number of pyridine rings is 1. The van der Waals surface area contributed by atoms with Crippen LogP contribution in [0.4, 0.5) is 15.8 Å². The van der Waals surface area contributed by atoms with Crippen LogP contribution in [0.5, 0.6) is 5.75 Å². The molecule has 1 aliphatic carbocycles. The molecule has 1 saturated carbocycles. The van der Waals surface area contributed by atoms with Crippen molar-refractivity contribution in [3.63, 3.8) is 0 Å². The van der Waals surface area contributed by atoms with Crippen LogP contribution >= 0.6 is 0 Å². The Morgan fingerprint density at radius 3 is 2.94 bits per heavy atom. The zero-order valence-electron chi connectivity index (χ0n) is 20.1. The number of amides is 1. The molecule has 1 spiro atoms. The predicted molar refractivity (Wildman–Crippen MR) is 133 cm³/mol. The Bertz CT molecular complexity index is 1300. The van der Waals surface area contributed by atoms with Crippen molar-refractivity contribution < 1.29 is 13.9 Å². The number of anilines is 2. The zero-order valence-corrected chi connectivity index (χ0v) is 20.1. The molecule has 6 rings (SSSR count). The topological polar surface area (TPSA) is 82.3 Å². The largest absolute Gasteiger partial charge is 0.490 e. The van der Waals surface area contributed by atoms with Crippen molar-refractivity contribution in [1.82, 2.24) is 20.2 Å². The molecule has 8 heteroatoms. The molecule has 0 unspecified atom stereocenters. The second-order valence-electron chi connectivity index (χ2n) is 10.1. The van der Waals surface area contributed by atoms with E-state index in [1.807, 2.05) is 12.1 Å². The lowest BCUT2D eigenvalue weighted by atomic mass is 9.93. The number of aromatic amines is 1. The smallest absolute Gasteiger partial charge is 0.255 e. The number of likely N-dealkylation sites (N-methyl/N-ethyl adjacent to an activating group) is 1. The van der Waals surface area contributed by atoms with E-state index >= 15 is 0 Å². The molecule has 0 radical (unpaired) electrons. The molecule has 1 aromatic carbocycles. The number of benzene rings is 1. The summed E-state index contributed by atoms with van der Waals surface area (Å²) in [6.45, 7) is 4.02. The van der Waals surface area contributed by atoms with E-state index in [2.05, 4.69) is 32.5 Å². The van der Waals surface area contributed by atoms with Gasteiger partial charge in [0, 0.05) is 46.7 Å². The van der Waals surface area contributed by atoms with Crippen molar-refractivity contribution in [1.29, 1.82) is 0 Å². The molecule has 2 fully saturated rings. The number of aromatic nitrogens is 2. The quantitative estimate of drug-likeness (QED) is 0.489. The number of nitrogens with zero attached hydrogens (tertiary/aromatic N) is 2.